The van der Waals surface area contributed by atoms with E-state index in [4.69, 9.17) is 5.73 Å². The van der Waals surface area contributed by atoms with Crippen LogP contribution in [0.5, 0.6) is 0 Å². The molecule has 0 aromatic heterocycles. The summed E-state index contributed by atoms with van der Waals surface area (Å²) < 4.78 is 0. The summed E-state index contributed by atoms with van der Waals surface area (Å²) in [5.74, 6) is -0.389. The summed E-state index contributed by atoms with van der Waals surface area (Å²) in [5, 5.41) is 2.42. The number of nitrogens with one attached hydrogen (secondary N) is 1. The predicted molar refractivity (Wildman–Crippen MR) is 85.2 cm³/mol. The van der Waals surface area contributed by atoms with Crippen LogP contribution in [0.1, 0.15) is 59.8 Å². The number of nitrogens with two attached hydrogens (primary N) is 1. The second kappa shape index (κ2) is 7.43. The molecule has 1 saturated heterocycles. The number of hydrogen-bond acceptors (Lipinski definition) is 3. The maximum Gasteiger partial charge on any atom is 0.229 e. The van der Waals surface area contributed by atoms with Crippen LogP contribution < -0.4 is 11.1 Å². The Kier molecular flexibility index (Phi) is 6.19. The van der Waals surface area contributed by atoms with Gasteiger partial charge >= 0.3 is 0 Å². The zero-order valence-electron chi connectivity index (χ0n) is 13.7. The summed E-state index contributed by atoms with van der Waals surface area (Å²) in [7, 11) is 0. The van der Waals surface area contributed by atoms with Crippen LogP contribution in [0.2, 0.25) is 0 Å². The quantitative estimate of drug-likeness (QED) is 0.604. The van der Waals surface area contributed by atoms with E-state index in [0.29, 0.717) is 19.3 Å². The van der Waals surface area contributed by atoms with Gasteiger partial charge in [-0.1, -0.05) is 45.8 Å². The highest BCUT2D eigenvalue weighted by Gasteiger charge is 2.26. The third kappa shape index (κ3) is 5.74. The van der Waals surface area contributed by atoms with Crippen molar-refractivity contribution in [2.75, 3.05) is 0 Å². The Morgan fingerprint density at radius 3 is 2.52 bits per heavy atom. The van der Waals surface area contributed by atoms with E-state index in [9.17, 15) is 9.59 Å². The smallest absolute Gasteiger partial charge is 0.229 e. The van der Waals surface area contributed by atoms with E-state index in [1.807, 2.05) is 12.2 Å². The third-order valence-corrected chi connectivity index (χ3v) is 3.80. The van der Waals surface area contributed by atoms with Crippen molar-refractivity contribution in [3.8, 4) is 0 Å². The molecule has 21 heavy (non-hydrogen) atoms. The normalized spacial score (nSPS) is 21.4. The van der Waals surface area contributed by atoms with Gasteiger partial charge in [-0.2, -0.15) is 0 Å². The molecule has 2 amide bonds. The minimum Gasteiger partial charge on any atom is -0.402 e. The van der Waals surface area contributed by atoms with Gasteiger partial charge in [-0.25, -0.2) is 0 Å². The molecule has 0 radical (unpaired) electrons. The Hall–Kier alpha value is -1.58. The summed E-state index contributed by atoms with van der Waals surface area (Å²) in [6, 6.07) is 0. The summed E-state index contributed by atoms with van der Waals surface area (Å²) in [6.07, 6.45) is 7.78. The van der Waals surface area contributed by atoms with E-state index in [0.717, 1.165) is 18.5 Å². The maximum absolute atomic E-state index is 11.8. The minimum absolute atomic E-state index is 0.0531. The maximum atomic E-state index is 11.8. The number of carbonyl (C=O) groups excluding carboxylic acids is 2. The predicted octanol–water partition coefficient (Wildman–Crippen LogP) is 3.04. The summed E-state index contributed by atoms with van der Waals surface area (Å²) in [5.41, 5.74) is 8.07. The monoisotopic (exact) mass is 292 g/mol. The van der Waals surface area contributed by atoms with Gasteiger partial charge in [0.05, 0.1) is 0 Å². The fraction of sp³-hybridized carbons (Fsp3) is 0.647. The van der Waals surface area contributed by atoms with Gasteiger partial charge in [0.25, 0.3) is 0 Å². The van der Waals surface area contributed by atoms with Crippen LogP contribution in [0, 0.1) is 11.3 Å². The van der Waals surface area contributed by atoms with Crippen molar-refractivity contribution >= 4 is 11.8 Å². The van der Waals surface area contributed by atoms with E-state index in [1.54, 1.807) is 0 Å². The molecule has 4 nitrogen and oxygen atoms in total. The lowest BCUT2D eigenvalue weighted by Gasteiger charge is -2.22. The number of allylic oxidation sites excluding steroid dienone is 4. The number of piperidine rings is 1. The topological polar surface area (TPSA) is 72.2 Å². The average Bonchev–Trinajstić information content (AvgIpc) is 2.37. The van der Waals surface area contributed by atoms with Crippen LogP contribution in [0.3, 0.4) is 0 Å². The largest absolute Gasteiger partial charge is 0.402 e. The molecule has 1 heterocycles. The molecule has 0 spiro atoms. The van der Waals surface area contributed by atoms with Crippen LogP contribution in [-0.4, -0.2) is 11.8 Å². The summed E-state index contributed by atoms with van der Waals surface area (Å²) in [6.45, 7) is 8.35. The lowest BCUT2D eigenvalue weighted by atomic mass is 9.88. The molecule has 0 bridgehead atoms. The SMILES string of the molecule is CCC/C(=C\C=C(/N)C(C)(C)C)CC1CCC(=O)NC1=O. The molecule has 0 aromatic carbocycles. The van der Waals surface area contributed by atoms with Crippen molar-refractivity contribution in [2.45, 2.75) is 59.8 Å². The molecule has 4 heteroatoms. The van der Waals surface area contributed by atoms with Gasteiger partial charge in [0.2, 0.25) is 11.8 Å². The van der Waals surface area contributed by atoms with Gasteiger partial charge in [-0.15, -0.1) is 0 Å². The standard InChI is InChI=1S/C17H28N2O2/c1-5-6-12(7-9-14(18)17(2,3)4)11-13-8-10-15(20)19-16(13)21/h7,9,13H,5-6,8,10-11,18H2,1-4H3,(H,19,20,21)/b12-7+,14-9-. The molecule has 0 aliphatic carbocycles. The van der Waals surface area contributed by atoms with E-state index in [2.05, 4.69) is 33.0 Å². The van der Waals surface area contributed by atoms with E-state index >= 15 is 0 Å². The molecule has 1 rings (SSSR count). The molecule has 1 atom stereocenters. The van der Waals surface area contributed by atoms with Gasteiger partial charge in [0.1, 0.15) is 0 Å². The van der Waals surface area contributed by atoms with Crippen molar-refractivity contribution in [3.05, 3.63) is 23.4 Å². The minimum atomic E-state index is -0.158. The van der Waals surface area contributed by atoms with E-state index in [-0.39, 0.29) is 23.1 Å². The van der Waals surface area contributed by atoms with Crippen molar-refractivity contribution in [1.82, 2.24) is 5.32 Å². The van der Waals surface area contributed by atoms with Gasteiger partial charge < -0.3 is 5.73 Å². The first-order valence-corrected chi connectivity index (χ1v) is 7.73. The first kappa shape index (κ1) is 17.5. The average molecular weight is 292 g/mol. The Morgan fingerprint density at radius 2 is 2.00 bits per heavy atom. The molecule has 0 aromatic rings. The van der Waals surface area contributed by atoms with Gasteiger partial charge in [0.15, 0.2) is 0 Å². The number of imide groups is 1. The lowest BCUT2D eigenvalue weighted by molar-refractivity contribution is -0.136. The molecular formula is C17H28N2O2. The zero-order chi connectivity index (χ0) is 16.0. The highest BCUT2D eigenvalue weighted by Crippen LogP contribution is 2.25. The molecule has 118 valence electrons. The Morgan fingerprint density at radius 1 is 1.33 bits per heavy atom. The first-order valence-electron chi connectivity index (χ1n) is 7.73. The van der Waals surface area contributed by atoms with Crippen LogP contribution in [0.15, 0.2) is 23.4 Å². The van der Waals surface area contributed by atoms with Crippen molar-refractivity contribution in [2.24, 2.45) is 17.1 Å². The third-order valence-electron chi connectivity index (χ3n) is 3.80. The zero-order valence-corrected chi connectivity index (χ0v) is 13.7. The first-order chi connectivity index (χ1) is 9.74. The van der Waals surface area contributed by atoms with Crippen molar-refractivity contribution in [1.29, 1.82) is 0 Å². The number of hydrogen-bond donors (Lipinski definition) is 2. The van der Waals surface area contributed by atoms with E-state index in [1.165, 1.54) is 5.57 Å². The molecule has 3 N–H and O–H groups in total. The summed E-state index contributed by atoms with van der Waals surface area (Å²) >= 11 is 0. The molecule has 1 aliphatic heterocycles. The second-order valence-electron chi connectivity index (χ2n) is 6.80. The number of rotatable bonds is 5. The Balaban J connectivity index is 2.78. The van der Waals surface area contributed by atoms with Gasteiger partial charge in [-0.05, 0) is 25.3 Å². The Bertz CT molecular complexity index is 456. The number of carbonyl (C=O) groups is 2. The summed E-state index contributed by atoms with van der Waals surface area (Å²) in [4.78, 5) is 23.0. The fourth-order valence-corrected chi connectivity index (χ4v) is 2.28. The van der Waals surface area contributed by atoms with Crippen LogP contribution >= 0.6 is 0 Å². The molecule has 0 saturated carbocycles. The van der Waals surface area contributed by atoms with Crippen LogP contribution in [0.25, 0.3) is 0 Å². The van der Waals surface area contributed by atoms with Crippen LogP contribution in [0.4, 0.5) is 0 Å². The number of amides is 2. The molecule has 1 fully saturated rings. The van der Waals surface area contributed by atoms with E-state index < -0.39 is 0 Å². The Labute approximate surface area is 127 Å². The highest BCUT2D eigenvalue weighted by atomic mass is 16.2. The molecule has 1 unspecified atom stereocenters. The highest BCUT2D eigenvalue weighted by molar-refractivity contribution is 5.98. The van der Waals surface area contributed by atoms with Crippen LogP contribution in [-0.2, 0) is 9.59 Å². The van der Waals surface area contributed by atoms with Gasteiger partial charge in [0, 0.05) is 23.5 Å². The van der Waals surface area contributed by atoms with Crippen molar-refractivity contribution in [3.63, 3.8) is 0 Å². The molecular weight excluding hydrogens is 264 g/mol. The second-order valence-corrected chi connectivity index (χ2v) is 6.80. The molecule has 1 aliphatic rings. The van der Waals surface area contributed by atoms with Crippen molar-refractivity contribution < 1.29 is 9.59 Å². The van der Waals surface area contributed by atoms with Gasteiger partial charge in [-0.3, -0.25) is 14.9 Å². The fourth-order valence-electron chi connectivity index (χ4n) is 2.28. The lowest BCUT2D eigenvalue weighted by Crippen LogP contribution is -2.40.